The lowest BCUT2D eigenvalue weighted by molar-refractivity contribution is -0.349. The molecule has 1 aromatic rings. The summed E-state index contributed by atoms with van der Waals surface area (Å²) in [6.07, 6.45) is 0.724. The molecule has 8 nitrogen and oxygen atoms in total. The first-order valence-corrected chi connectivity index (χ1v) is 5.10. The number of nitrogens with zero attached hydrogens (tertiary/aromatic N) is 1. The number of carbonyl (C=O) groups is 1. The average molecular weight is 258 g/mol. The molecule has 0 saturated heterocycles. The van der Waals surface area contributed by atoms with Crippen LogP contribution in [0.1, 0.15) is 0 Å². The summed E-state index contributed by atoms with van der Waals surface area (Å²) in [6, 6.07) is 4.84. The zero-order chi connectivity index (χ0) is 13.4. The van der Waals surface area contributed by atoms with E-state index in [0.29, 0.717) is 0 Å². The van der Waals surface area contributed by atoms with Crippen molar-refractivity contribution in [3.63, 3.8) is 0 Å². The van der Waals surface area contributed by atoms with E-state index in [-0.39, 0.29) is 19.0 Å². The lowest BCUT2D eigenvalue weighted by atomic mass is 10.5. The quantitative estimate of drug-likeness (QED) is 0.374. The van der Waals surface area contributed by atoms with Crippen molar-refractivity contribution < 1.29 is 29.6 Å². The first-order chi connectivity index (χ1) is 8.53. The fourth-order valence-corrected chi connectivity index (χ4v) is 0.952. The number of amides is 1. The minimum atomic E-state index is -2.60. The third-order valence-corrected chi connectivity index (χ3v) is 1.75. The average Bonchev–Trinajstić information content (AvgIpc) is 2.36. The molecule has 0 aliphatic carbocycles. The zero-order valence-electron chi connectivity index (χ0n) is 9.44. The van der Waals surface area contributed by atoms with Crippen LogP contribution < -0.4 is 10.1 Å². The fourth-order valence-electron chi connectivity index (χ4n) is 0.952. The lowest BCUT2D eigenvalue weighted by Gasteiger charge is -2.18. The predicted octanol–water partition coefficient (Wildman–Crippen LogP) is -1.18. The van der Waals surface area contributed by atoms with Gasteiger partial charge in [-0.15, -0.1) is 0 Å². The van der Waals surface area contributed by atoms with Crippen LogP contribution in [-0.2, 0) is 4.74 Å². The molecular formula is C10H14N2O6. The van der Waals surface area contributed by atoms with Crippen LogP contribution >= 0.6 is 0 Å². The van der Waals surface area contributed by atoms with Gasteiger partial charge in [0.15, 0.2) is 0 Å². The van der Waals surface area contributed by atoms with E-state index in [9.17, 15) is 4.79 Å². The molecule has 0 saturated carbocycles. The Hall–Kier alpha value is -1.74. The number of carbonyl (C=O) groups excluding carboxylic acids is 1. The molecule has 1 aromatic heterocycles. The number of aliphatic hydroxyl groups excluding tert-OH is 1. The van der Waals surface area contributed by atoms with Gasteiger partial charge in [-0.05, 0) is 6.07 Å². The van der Waals surface area contributed by atoms with Gasteiger partial charge < -0.3 is 30.1 Å². The summed E-state index contributed by atoms with van der Waals surface area (Å²) in [4.78, 5) is 15.0. The van der Waals surface area contributed by atoms with Crippen LogP contribution in [0.2, 0.25) is 0 Å². The second-order valence-electron chi connectivity index (χ2n) is 3.23. The van der Waals surface area contributed by atoms with Gasteiger partial charge in [0.2, 0.25) is 5.88 Å². The zero-order valence-corrected chi connectivity index (χ0v) is 9.44. The Morgan fingerprint density at radius 2 is 2.22 bits per heavy atom. The second kappa shape index (κ2) is 6.87. The highest BCUT2D eigenvalue weighted by Crippen LogP contribution is 2.03. The molecule has 0 aliphatic rings. The van der Waals surface area contributed by atoms with Crippen LogP contribution in [0.3, 0.4) is 0 Å². The van der Waals surface area contributed by atoms with Crippen LogP contribution in [0.15, 0.2) is 24.4 Å². The standard InChI is InChI=1S/C10H14N2O6/c13-7-10(15,16)17-6-5-12-9(14)18-8-3-1-2-4-11-8/h1-4,13,15-16H,5-7H2,(H,12,14). The third-order valence-electron chi connectivity index (χ3n) is 1.75. The van der Waals surface area contributed by atoms with E-state index in [2.05, 4.69) is 15.0 Å². The lowest BCUT2D eigenvalue weighted by Crippen LogP contribution is -2.39. The van der Waals surface area contributed by atoms with Gasteiger partial charge in [0.05, 0.1) is 6.61 Å². The number of aliphatic hydroxyl groups is 3. The summed E-state index contributed by atoms with van der Waals surface area (Å²) >= 11 is 0. The van der Waals surface area contributed by atoms with Crippen molar-refractivity contribution in [2.45, 2.75) is 5.97 Å². The van der Waals surface area contributed by atoms with Gasteiger partial charge in [-0.25, -0.2) is 9.78 Å². The van der Waals surface area contributed by atoms with Gasteiger partial charge in [0, 0.05) is 18.8 Å². The van der Waals surface area contributed by atoms with Gasteiger partial charge >= 0.3 is 12.1 Å². The van der Waals surface area contributed by atoms with Crippen molar-refractivity contribution >= 4 is 6.09 Å². The molecule has 0 bridgehead atoms. The molecular weight excluding hydrogens is 244 g/mol. The summed E-state index contributed by atoms with van der Waals surface area (Å²) in [7, 11) is 0. The van der Waals surface area contributed by atoms with Gasteiger partial charge in [0.25, 0.3) is 0 Å². The highest BCUT2D eigenvalue weighted by atomic mass is 16.8. The van der Waals surface area contributed by atoms with E-state index in [0.717, 1.165) is 0 Å². The minimum Gasteiger partial charge on any atom is -0.391 e. The normalized spacial score (nSPS) is 11.1. The molecule has 1 rings (SSSR count). The Bertz CT molecular complexity index is 370. The van der Waals surface area contributed by atoms with Crippen molar-refractivity contribution in [2.24, 2.45) is 0 Å². The summed E-state index contributed by atoms with van der Waals surface area (Å²) in [5.41, 5.74) is 0. The minimum absolute atomic E-state index is 0.0193. The Morgan fingerprint density at radius 3 is 2.83 bits per heavy atom. The van der Waals surface area contributed by atoms with Crippen molar-refractivity contribution in [1.82, 2.24) is 10.3 Å². The van der Waals surface area contributed by atoms with Crippen LogP contribution in [0.25, 0.3) is 0 Å². The van der Waals surface area contributed by atoms with Gasteiger partial charge in [-0.1, -0.05) is 6.07 Å². The summed E-state index contributed by atoms with van der Waals surface area (Å²) in [6.45, 7) is -1.19. The molecule has 0 aromatic carbocycles. The number of nitrogens with one attached hydrogen (secondary N) is 1. The fraction of sp³-hybridized carbons (Fsp3) is 0.400. The van der Waals surface area contributed by atoms with Crippen molar-refractivity contribution in [3.05, 3.63) is 24.4 Å². The molecule has 18 heavy (non-hydrogen) atoms. The maximum absolute atomic E-state index is 11.2. The summed E-state index contributed by atoms with van der Waals surface area (Å²) in [5, 5.41) is 28.5. The summed E-state index contributed by atoms with van der Waals surface area (Å²) < 4.78 is 9.24. The van der Waals surface area contributed by atoms with E-state index < -0.39 is 18.7 Å². The van der Waals surface area contributed by atoms with Crippen LogP contribution in [0, 0.1) is 0 Å². The van der Waals surface area contributed by atoms with Crippen molar-refractivity contribution in [1.29, 1.82) is 0 Å². The van der Waals surface area contributed by atoms with E-state index in [4.69, 9.17) is 20.1 Å². The first kappa shape index (κ1) is 14.3. The third kappa shape index (κ3) is 5.55. The van der Waals surface area contributed by atoms with Gasteiger partial charge in [0.1, 0.15) is 6.61 Å². The molecule has 0 aliphatic heterocycles. The first-order valence-electron chi connectivity index (χ1n) is 5.10. The van der Waals surface area contributed by atoms with E-state index in [1.165, 1.54) is 12.3 Å². The van der Waals surface area contributed by atoms with Gasteiger partial charge in [-0.3, -0.25) is 0 Å². The largest absolute Gasteiger partial charge is 0.414 e. The topological polar surface area (TPSA) is 121 Å². The maximum atomic E-state index is 11.2. The number of aromatic nitrogens is 1. The monoisotopic (exact) mass is 258 g/mol. The molecule has 0 atom stereocenters. The number of ether oxygens (including phenoxy) is 2. The van der Waals surface area contributed by atoms with Crippen molar-refractivity contribution in [2.75, 3.05) is 19.8 Å². The number of hydrogen-bond donors (Lipinski definition) is 4. The maximum Gasteiger partial charge on any atom is 0.414 e. The highest BCUT2D eigenvalue weighted by molar-refractivity contribution is 5.69. The van der Waals surface area contributed by atoms with Crippen molar-refractivity contribution in [3.8, 4) is 5.88 Å². The SMILES string of the molecule is O=C(NCCOC(O)(O)CO)Oc1ccccn1. The molecule has 1 amide bonds. The molecule has 0 radical (unpaired) electrons. The molecule has 0 fully saturated rings. The Kier molecular flexibility index (Phi) is 5.46. The smallest absolute Gasteiger partial charge is 0.391 e. The number of rotatable bonds is 6. The predicted molar refractivity (Wildman–Crippen MR) is 58.5 cm³/mol. The molecule has 1 heterocycles. The Morgan fingerprint density at radius 1 is 1.44 bits per heavy atom. The van der Waals surface area contributed by atoms with Crippen LogP contribution in [0.5, 0.6) is 5.88 Å². The molecule has 100 valence electrons. The molecule has 0 spiro atoms. The van der Waals surface area contributed by atoms with Crippen LogP contribution in [0.4, 0.5) is 4.79 Å². The highest BCUT2D eigenvalue weighted by Gasteiger charge is 2.22. The van der Waals surface area contributed by atoms with E-state index in [1.807, 2.05) is 0 Å². The second-order valence-corrected chi connectivity index (χ2v) is 3.23. The Labute approximate surface area is 103 Å². The molecule has 8 heteroatoms. The number of pyridine rings is 1. The van der Waals surface area contributed by atoms with E-state index >= 15 is 0 Å². The molecule has 4 N–H and O–H groups in total. The van der Waals surface area contributed by atoms with Gasteiger partial charge in [-0.2, -0.15) is 0 Å². The Balaban J connectivity index is 2.18. The van der Waals surface area contributed by atoms with E-state index in [1.54, 1.807) is 12.1 Å². The van der Waals surface area contributed by atoms with Crippen LogP contribution in [-0.4, -0.2) is 52.1 Å². The molecule has 0 unspecified atom stereocenters. The summed E-state index contributed by atoms with van der Waals surface area (Å²) in [5.74, 6) is -2.46. The number of hydrogen-bond acceptors (Lipinski definition) is 7.